The van der Waals surface area contributed by atoms with Crippen LogP contribution in [0, 0.1) is 0 Å². The van der Waals surface area contributed by atoms with Gasteiger partial charge in [-0.15, -0.1) is 0 Å². The largest absolute Gasteiger partial charge is 0.483 e. The van der Waals surface area contributed by atoms with Crippen molar-refractivity contribution in [3.63, 3.8) is 0 Å². The fourth-order valence-electron chi connectivity index (χ4n) is 2.41. The third-order valence-electron chi connectivity index (χ3n) is 3.77. The van der Waals surface area contributed by atoms with Gasteiger partial charge >= 0.3 is 6.03 Å². The van der Waals surface area contributed by atoms with E-state index >= 15 is 0 Å². The Hall–Kier alpha value is -2.88. The van der Waals surface area contributed by atoms with Crippen molar-refractivity contribution in [2.24, 2.45) is 0 Å². The fraction of sp³-hybridized carbons (Fsp3) is 0.0526. The monoisotopic (exact) mass is 511 g/mol. The number of urea groups is 1. The molecule has 154 valence electrons. The van der Waals surface area contributed by atoms with Gasteiger partial charge in [-0.25, -0.2) is 4.79 Å². The average Bonchev–Trinajstić information content (AvgIpc) is 2.67. The predicted octanol–water partition coefficient (Wildman–Crippen LogP) is 3.52. The number of rotatable bonds is 5. The molecule has 0 aliphatic carbocycles. The molecule has 0 bridgehead atoms. The molecule has 5 amide bonds. The van der Waals surface area contributed by atoms with Crippen LogP contribution >= 0.6 is 39.1 Å². The Labute approximate surface area is 188 Å². The highest BCUT2D eigenvalue weighted by Gasteiger charge is 2.27. The highest BCUT2D eigenvalue weighted by molar-refractivity contribution is 9.10. The third kappa shape index (κ3) is 5.38. The molecule has 1 fully saturated rings. The lowest BCUT2D eigenvalue weighted by Gasteiger charge is -2.14. The molecule has 3 N–H and O–H groups in total. The standard InChI is InChI=1S/C19H12BrCl2N3O5/c20-12-6-9(5-11-17(27)24-19(29)25-18(11)28)1-4-15(12)30-8-16(26)23-10-2-3-13(21)14(22)7-10/h1-7H,8H2,(H,23,26)(H2,24,25,27,28,29). The van der Waals surface area contributed by atoms with Crippen LogP contribution in [-0.2, 0) is 14.4 Å². The maximum atomic E-state index is 12.1. The summed E-state index contributed by atoms with van der Waals surface area (Å²) in [5, 5.41) is 7.30. The number of ether oxygens (including phenoxy) is 1. The van der Waals surface area contributed by atoms with Gasteiger partial charge < -0.3 is 10.1 Å². The number of hydrogen-bond acceptors (Lipinski definition) is 5. The Morgan fingerprint density at radius 3 is 2.37 bits per heavy atom. The molecule has 8 nitrogen and oxygen atoms in total. The predicted molar refractivity (Wildman–Crippen MR) is 114 cm³/mol. The van der Waals surface area contributed by atoms with Crippen LogP contribution in [0.2, 0.25) is 10.0 Å². The molecule has 0 aromatic heterocycles. The Bertz CT molecular complexity index is 1080. The van der Waals surface area contributed by atoms with Crippen LogP contribution in [0.5, 0.6) is 5.75 Å². The van der Waals surface area contributed by atoms with Gasteiger partial charge in [0, 0.05) is 5.69 Å². The van der Waals surface area contributed by atoms with Crippen LogP contribution < -0.4 is 20.7 Å². The highest BCUT2D eigenvalue weighted by atomic mass is 79.9. The SMILES string of the molecule is O=C(COc1ccc(C=C2C(=O)NC(=O)NC2=O)cc1Br)Nc1ccc(Cl)c(Cl)c1. The number of nitrogens with one attached hydrogen (secondary N) is 3. The number of amides is 5. The molecule has 0 spiro atoms. The van der Waals surface area contributed by atoms with E-state index < -0.39 is 23.8 Å². The molecule has 2 aromatic rings. The summed E-state index contributed by atoms with van der Waals surface area (Å²) in [6.07, 6.45) is 1.32. The zero-order valence-corrected chi connectivity index (χ0v) is 18.0. The van der Waals surface area contributed by atoms with Crippen LogP contribution in [0.3, 0.4) is 0 Å². The van der Waals surface area contributed by atoms with E-state index in [1.54, 1.807) is 30.3 Å². The van der Waals surface area contributed by atoms with E-state index in [9.17, 15) is 19.2 Å². The van der Waals surface area contributed by atoms with Gasteiger partial charge in [-0.1, -0.05) is 29.3 Å². The lowest BCUT2D eigenvalue weighted by molar-refractivity contribution is -0.124. The summed E-state index contributed by atoms with van der Waals surface area (Å²) in [5.74, 6) is -1.63. The zero-order valence-electron chi connectivity index (χ0n) is 14.9. The second kappa shape index (κ2) is 9.29. The number of hydrogen-bond donors (Lipinski definition) is 3. The molecule has 1 aliphatic rings. The Morgan fingerprint density at radius 1 is 1.03 bits per heavy atom. The van der Waals surface area contributed by atoms with Crippen molar-refractivity contribution in [2.45, 2.75) is 0 Å². The molecule has 1 saturated heterocycles. The minimum Gasteiger partial charge on any atom is -0.483 e. The Morgan fingerprint density at radius 2 is 1.73 bits per heavy atom. The van der Waals surface area contributed by atoms with Crippen LogP contribution in [-0.4, -0.2) is 30.4 Å². The first kappa shape index (κ1) is 21.8. The fourth-order valence-corrected chi connectivity index (χ4v) is 3.22. The molecule has 1 heterocycles. The molecule has 0 radical (unpaired) electrons. The first-order valence-corrected chi connectivity index (χ1v) is 9.83. The molecule has 11 heteroatoms. The zero-order chi connectivity index (χ0) is 21.8. The van der Waals surface area contributed by atoms with Gasteiger partial charge in [0.1, 0.15) is 11.3 Å². The van der Waals surface area contributed by atoms with Crippen molar-refractivity contribution in [3.8, 4) is 5.75 Å². The summed E-state index contributed by atoms with van der Waals surface area (Å²) in [7, 11) is 0. The second-order valence-electron chi connectivity index (χ2n) is 5.95. The minimum absolute atomic E-state index is 0.212. The van der Waals surface area contributed by atoms with E-state index in [2.05, 4.69) is 21.2 Å². The summed E-state index contributed by atoms with van der Waals surface area (Å²) in [4.78, 5) is 46.7. The average molecular weight is 513 g/mol. The Balaban J connectivity index is 1.64. The maximum absolute atomic E-state index is 12.1. The molecule has 1 aliphatic heterocycles. The number of carbonyl (C=O) groups is 4. The van der Waals surface area contributed by atoms with Gasteiger partial charge in [-0.3, -0.25) is 25.0 Å². The van der Waals surface area contributed by atoms with E-state index in [4.69, 9.17) is 27.9 Å². The summed E-state index contributed by atoms with van der Waals surface area (Å²) < 4.78 is 5.98. The van der Waals surface area contributed by atoms with Crippen molar-refractivity contribution in [1.29, 1.82) is 0 Å². The summed E-state index contributed by atoms with van der Waals surface area (Å²) in [6, 6.07) is 8.56. The normalized spacial score (nSPS) is 13.4. The molecule has 0 saturated carbocycles. The van der Waals surface area contributed by atoms with Crippen LogP contribution in [0.15, 0.2) is 46.4 Å². The highest BCUT2D eigenvalue weighted by Crippen LogP contribution is 2.28. The van der Waals surface area contributed by atoms with Crippen molar-refractivity contribution < 1.29 is 23.9 Å². The van der Waals surface area contributed by atoms with E-state index in [1.165, 1.54) is 12.1 Å². The molecular weight excluding hydrogens is 501 g/mol. The first-order chi connectivity index (χ1) is 14.2. The maximum Gasteiger partial charge on any atom is 0.328 e. The Kier molecular flexibility index (Phi) is 6.76. The quantitative estimate of drug-likeness (QED) is 0.419. The molecule has 0 atom stereocenters. The number of benzene rings is 2. The lowest BCUT2D eigenvalue weighted by atomic mass is 10.1. The summed E-state index contributed by atoms with van der Waals surface area (Å²) >= 11 is 15.1. The van der Waals surface area contributed by atoms with Crippen molar-refractivity contribution in [3.05, 3.63) is 62.1 Å². The number of barbiturate groups is 1. The topological polar surface area (TPSA) is 114 Å². The van der Waals surface area contributed by atoms with Crippen LogP contribution in [0.4, 0.5) is 10.5 Å². The van der Waals surface area contributed by atoms with Crippen molar-refractivity contribution in [2.75, 3.05) is 11.9 Å². The molecule has 3 rings (SSSR count). The summed E-state index contributed by atoms with van der Waals surface area (Å²) in [5.41, 5.74) is 0.766. The van der Waals surface area contributed by atoms with Crippen LogP contribution in [0.1, 0.15) is 5.56 Å². The summed E-state index contributed by atoms with van der Waals surface area (Å²) in [6.45, 7) is -0.272. The molecular formula is C19H12BrCl2N3O5. The van der Waals surface area contributed by atoms with E-state index in [0.717, 1.165) is 0 Å². The van der Waals surface area contributed by atoms with E-state index in [1.807, 2.05) is 10.6 Å². The number of imide groups is 2. The van der Waals surface area contributed by atoms with Gasteiger partial charge in [0.05, 0.1) is 14.5 Å². The van der Waals surface area contributed by atoms with Crippen LogP contribution in [0.25, 0.3) is 6.08 Å². The van der Waals surface area contributed by atoms with E-state index in [0.29, 0.717) is 31.5 Å². The van der Waals surface area contributed by atoms with Crippen molar-refractivity contribution in [1.82, 2.24) is 10.6 Å². The molecule has 2 aromatic carbocycles. The molecule has 30 heavy (non-hydrogen) atoms. The molecule has 0 unspecified atom stereocenters. The third-order valence-corrected chi connectivity index (χ3v) is 5.13. The first-order valence-electron chi connectivity index (χ1n) is 8.28. The van der Waals surface area contributed by atoms with Gasteiger partial charge in [0.25, 0.3) is 17.7 Å². The van der Waals surface area contributed by atoms with Crippen molar-refractivity contribution >= 4 is 74.6 Å². The number of carbonyl (C=O) groups excluding carboxylic acids is 4. The van der Waals surface area contributed by atoms with Gasteiger partial charge in [0.2, 0.25) is 0 Å². The second-order valence-corrected chi connectivity index (χ2v) is 7.62. The van der Waals surface area contributed by atoms with Gasteiger partial charge in [0.15, 0.2) is 6.61 Å². The lowest BCUT2D eigenvalue weighted by Crippen LogP contribution is -2.51. The van der Waals surface area contributed by atoms with Gasteiger partial charge in [-0.2, -0.15) is 0 Å². The number of anilines is 1. The van der Waals surface area contributed by atoms with Gasteiger partial charge in [-0.05, 0) is 57.9 Å². The minimum atomic E-state index is -0.869. The van der Waals surface area contributed by atoms with E-state index in [-0.39, 0.29) is 12.2 Å². The number of halogens is 3. The smallest absolute Gasteiger partial charge is 0.328 e.